The van der Waals surface area contributed by atoms with Gasteiger partial charge in [-0.3, -0.25) is 9.13 Å². The van der Waals surface area contributed by atoms with E-state index < -0.39 is 0 Å². The van der Waals surface area contributed by atoms with Crippen LogP contribution in [0.3, 0.4) is 0 Å². The summed E-state index contributed by atoms with van der Waals surface area (Å²) in [5.41, 5.74) is 7.26. The Labute approximate surface area is 358 Å². The highest BCUT2D eigenvalue weighted by Crippen LogP contribution is 2.43. The Bertz CT molecular complexity index is 4230. The molecule has 7 heteroatoms. The SMILES string of the molecule is c1ccc2cc(-c3nc(-c4cccc5ccccc45)nc(-n4c5ccccc5c5ccc6c7ccccc7n(-c7nc8c(ccc9ccc%10ccccc%10c98)o7)c6c54)n3)ccc2c1. The van der Waals surface area contributed by atoms with Crippen LogP contribution in [0.15, 0.2) is 199 Å². The van der Waals surface area contributed by atoms with Crippen molar-refractivity contribution in [3.8, 4) is 34.7 Å². The second kappa shape index (κ2) is 12.9. The Morgan fingerprint density at radius 3 is 1.73 bits per heavy atom. The largest absolute Gasteiger partial charge is 0.423 e. The number of rotatable bonds is 4. The second-order valence-corrected chi connectivity index (χ2v) is 16.2. The number of benzene rings is 10. The van der Waals surface area contributed by atoms with Gasteiger partial charge in [-0.25, -0.2) is 4.98 Å². The summed E-state index contributed by atoms with van der Waals surface area (Å²) in [7, 11) is 0. The summed E-state index contributed by atoms with van der Waals surface area (Å²) < 4.78 is 11.3. The zero-order chi connectivity index (χ0) is 41.2. The predicted molar refractivity (Wildman–Crippen MR) is 257 cm³/mol. The summed E-state index contributed by atoms with van der Waals surface area (Å²) in [5, 5.41) is 13.3. The van der Waals surface area contributed by atoms with Crippen LogP contribution in [0.5, 0.6) is 0 Å². The molecule has 0 atom stereocenters. The van der Waals surface area contributed by atoms with E-state index in [0.717, 1.165) is 109 Å². The van der Waals surface area contributed by atoms with Crippen LogP contribution in [0.2, 0.25) is 0 Å². The lowest BCUT2D eigenvalue weighted by molar-refractivity contribution is 0.574. The average molecular weight is 805 g/mol. The Hall–Kier alpha value is -8.68. The quantitative estimate of drug-likeness (QED) is 0.166. The van der Waals surface area contributed by atoms with E-state index in [4.69, 9.17) is 24.4 Å². The van der Waals surface area contributed by atoms with Crippen molar-refractivity contribution < 1.29 is 4.42 Å². The van der Waals surface area contributed by atoms with Crippen LogP contribution < -0.4 is 0 Å². The Kier molecular flexibility index (Phi) is 6.98. The summed E-state index contributed by atoms with van der Waals surface area (Å²) >= 11 is 0. The van der Waals surface area contributed by atoms with Gasteiger partial charge in [0.1, 0.15) is 5.52 Å². The van der Waals surface area contributed by atoms with Crippen LogP contribution in [0, 0.1) is 0 Å². The van der Waals surface area contributed by atoms with Crippen molar-refractivity contribution in [2.45, 2.75) is 0 Å². The minimum atomic E-state index is 0.491. The maximum atomic E-state index is 6.89. The molecule has 0 saturated carbocycles. The Morgan fingerprint density at radius 2 is 0.937 bits per heavy atom. The lowest BCUT2D eigenvalue weighted by Crippen LogP contribution is -2.07. The van der Waals surface area contributed by atoms with Gasteiger partial charge in [0.25, 0.3) is 0 Å². The highest BCUT2D eigenvalue weighted by molar-refractivity contribution is 6.24. The molecule has 0 N–H and O–H groups in total. The molecule has 0 radical (unpaired) electrons. The summed E-state index contributed by atoms with van der Waals surface area (Å²) in [4.78, 5) is 21.5. The molecule has 0 aliphatic carbocycles. The average Bonchev–Trinajstić information content (AvgIpc) is 4.03. The summed E-state index contributed by atoms with van der Waals surface area (Å²) in [5.74, 6) is 1.70. The number of nitrogens with zero attached hydrogens (tertiary/aromatic N) is 6. The molecule has 292 valence electrons. The van der Waals surface area contributed by atoms with Gasteiger partial charge >= 0.3 is 6.01 Å². The van der Waals surface area contributed by atoms with Crippen LogP contribution in [-0.2, 0) is 0 Å². The van der Waals surface area contributed by atoms with Crippen molar-refractivity contribution in [1.82, 2.24) is 29.1 Å². The molecule has 0 bridgehead atoms. The summed E-state index contributed by atoms with van der Waals surface area (Å²) in [6, 6.07) is 68.5. The van der Waals surface area contributed by atoms with Crippen LogP contribution in [-0.4, -0.2) is 29.1 Å². The summed E-state index contributed by atoms with van der Waals surface area (Å²) in [6.45, 7) is 0. The molecule has 7 nitrogen and oxygen atoms in total. The fourth-order valence-electron chi connectivity index (χ4n) is 9.94. The number of oxazole rings is 1. The zero-order valence-electron chi connectivity index (χ0n) is 33.6. The molecule has 0 spiro atoms. The lowest BCUT2D eigenvalue weighted by atomic mass is 10.0. The molecule has 0 aliphatic heterocycles. The van der Waals surface area contributed by atoms with E-state index in [1.165, 1.54) is 0 Å². The number of para-hydroxylation sites is 2. The minimum Gasteiger partial charge on any atom is -0.423 e. The molecular weight excluding hydrogens is 773 g/mol. The smallest absolute Gasteiger partial charge is 0.307 e. The van der Waals surface area contributed by atoms with Gasteiger partial charge in [0.2, 0.25) is 5.95 Å². The standard InChI is InChI=1S/C56H32N6O/c1-2-15-37-32-38(27-24-33(37)12-1)53-58-54(45-21-11-16-34-13-3-5-17-39(34)45)60-55(59-53)61-46-22-9-7-19-41(46)43-29-30-44-42-20-8-10-23-47(42)62(52(44)51(43)61)56-57-50-48(63-56)31-28-36-26-25-35-14-4-6-18-40(35)49(36)50/h1-32H. The third-order valence-corrected chi connectivity index (χ3v) is 12.8. The third kappa shape index (κ3) is 4.96. The first-order chi connectivity index (χ1) is 31.2. The van der Waals surface area contributed by atoms with Gasteiger partial charge in [-0.05, 0) is 62.0 Å². The molecule has 10 aromatic carbocycles. The Morgan fingerprint density at radius 1 is 0.365 bits per heavy atom. The molecule has 0 aliphatic rings. The molecular formula is C56H32N6O. The van der Waals surface area contributed by atoms with Crippen LogP contribution >= 0.6 is 0 Å². The van der Waals surface area contributed by atoms with Gasteiger partial charge in [0.05, 0.1) is 22.1 Å². The first-order valence-corrected chi connectivity index (χ1v) is 21.1. The van der Waals surface area contributed by atoms with Crippen molar-refractivity contribution >= 4 is 97.8 Å². The first-order valence-electron chi connectivity index (χ1n) is 21.1. The molecule has 14 aromatic rings. The fourth-order valence-corrected chi connectivity index (χ4v) is 9.94. The zero-order valence-corrected chi connectivity index (χ0v) is 33.6. The van der Waals surface area contributed by atoms with Crippen LogP contribution in [0.1, 0.15) is 0 Å². The number of hydrogen-bond acceptors (Lipinski definition) is 5. The number of hydrogen-bond donors (Lipinski definition) is 0. The van der Waals surface area contributed by atoms with E-state index in [2.05, 4.69) is 197 Å². The van der Waals surface area contributed by atoms with Crippen molar-refractivity contribution in [3.05, 3.63) is 194 Å². The molecule has 4 aromatic heterocycles. The molecule has 0 amide bonds. The van der Waals surface area contributed by atoms with Gasteiger partial charge in [-0.1, -0.05) is 170 Å². The van der Waals surface area contributed by atoms with Crippen LogP contribution in [0.4, 0.5) is 0 Å². The van der Waals surface area contributed by atoms with E-state index in [-0.39, 0.29) is 0 Å². The van der Waals surface area contributed by atoms with Crippen LogP contribution in [0.25, 0.3) is 133 Å². The maximum absolute atomic E-state index is 6.89. The predicted octanol–water partition coefficient (Wildman–Crippen LogP) is 14.2. The highest BCUT2D eigenvalue weighted by atomic mass is 16.4. The van der Waals surface area contributed by atoms with E-state index in [1.807, 2.05) is 6.07 Å². The van der Waals surface area contributed by atoms with E-state index in [9.17, 15) is 0 Å². The molecule has 0 unspecified atom stereocenters. The van der Waals surface area contributed by atoms with Gasteiger partial charge in [-0.2, -0.15) is 15.0 Å². The fraction of sp³-hybridized carbons (Fsp3) is 0. The van der Waals surface area contributed by atoms with Gasteiger partial charge in [0, 0.05) is 38.1 Å². The van der Waals surface area contributed by atoms with E-state index in [0.29, 0.717) is 23.6 Å². The molecule has 63 heavy (non-hydrogen) atoms. The summed E-state index contributed by atoms with van der Waals surface area (Å²) in [6.07, 6.45) is 0. The normalized spacial score (nSPS) is 12.1. The molecule has 14 rings (SSSR count). The third-order valence-electron chi connectivity index (χ3n) is 12.8. The number of fused-ring (bicyclic) bond motifs is 14. The lowest BCUT2D eigenvalue weighted by Gasteiger charge is -2.13. The number of aromatic nitrogens is 6. The maximum Gasteiger partial charge on any atom is 0.307 e. The topological polar surface area (TPSA) is 74.6 Å². The molecule has 0 fully saturated rings. The minimum absolute atomic E-state index is 0.491. The highest BCUT2D eigenvalue weighted by Gasteiger charge is 2.26. The van der Waals surface area contributed by atoms with Gasteiger partial charge < -0.3 is 4.42 Å². The van der Waals surface area contributed by atoms with E-state index in [1.54, 1.807) is 0 Å². The second-order valence-electron chi connectivity index (χ2n) is 16.2. The van der Waals surface area contributed by atoms with Gasteiger partial charge in [-0.15, -0.1) is 0 Å². The van der Waals surface area contributed by atoms with E-state index >= 15 is 0 Å². The van der Waals surface area contributed by atoms with Crippen molar-refractivity contribution in [3.63, 3.8) is 0 Å². The van der Waals surface area contributed by atoms with Crippen molar-refractivity contribution in [2.24, 2.45) is 0 Å². The van der Waals surface area contributed by atoms with Gasteiger partial charge in [0.15, 0.2) is 17.2 Å². The first kappa shape index (κ1) is 34.1. The Balaban J connectivity index is 1.12. The van der Waals surface area contributed by atoms with Crippen molar-refractivity contribution in [2.75, 3.05) is 0 Å². The van der Waals surface area contributed by atoms with Crippen molar-refractivity contribution in [1.29, 1.82) is 0 Å². The molecule has 0 saturated heterocycles. The monoisotopic (exact) mass is 804 g/mol. The molecule has 4 heterocycles.